The summed E-state index contributed by atoms with van der Waals surface area (Å²) in [4.78, 5) is 41.1. The van der Waals surface area contributed by atoms with E-state index in [2.05, 4.69) is 15.7 Å². The molecule has 1 aromatic carbocycles. The summed E-state index contributed by atoms with van der Waals surface area (Å²) in [6, 6.07) is 5.40. The van der Waals surface area contributed by atoms with Crippen molar-refractivity contribution in [3.63, 3.8) is 0 Å². The highest BCUT2D eigenvalue weighted by Gasteiger charge is 2.53. The Hall–Kier alpha value is -3.43. The van der Waals surface area contributed by atoms with E-state index in [1.807, 2.05) is 20.8 Å². The second-order valence-electron chi connectivity index (χ2n) is 11.0. The highest BCUT2D eigenvalue weighted by atomic mass is 19.1. The molecule has 0 saturated heterocycles. The maximum absolute atomic E-state index is 14.2. The van der Waals surface area contributed by atoms with Crippen molar-refractivity contribution in [1.29, 1.82) is 0 Å². The van der Waals surface area contributed by atoms with E-state index in [4.69, 9.17) is 4.74 Å². The fourth-order valence-corrected chi connectivity index (χ4v) is 5.17. The van der Waals surface area contributed by atoms with Gasteiger partial charge in [-0.05, 0) is 51.2 Å². The van der Waals surface area contributed by atoms with E-state index in [0.29, 0.717) is 11.3 Å². The van der Waals surface area contributed by atoms with Crippen LogP contribution in [0.2, 0.25) is 0 Å². The Morgan fingerprint density at radius 1 is 1.14 bits per heavy atom. The first-order chi connectivity index (χ1) is 16.8. The zero-order valence-electron chi connectivity index (χ0n) is 21.7. The van der Waals surface area contributed by atoms with Crippen LogP contribution < -0.4 is 10.6 Å². The van der Waals surface area contributed by atoms with E-state index in [1.54, 1.807) is 32.9 Å². The molecule has 2 aromatic rings. The predicted octanol–water partition coefficient (Wildman–Crippen LogP) is 5.46. The molecule has 2 aliphatic rings. The lowest BCUT2D eigenvalue weighted by Gasteiger charge is -2.50. The first kappa shape index (κ1) is 25.7. The number of hydrogen-bond acceptors (Lipinski definition) is 5. The molecule has 0 atom stereocenters. The van der Waals surface area contributed by atoms with Gasteiger partial charge in [0.25, 0.3) is 0 Å². The Kier molecular flexibility index (Phi) is 6.34. The zero-order valence-corrected chi connectivity index (χ0v) is 21.7. The minimum absolute atomic E-state index is 0.0602. The third-order valence-electron chi connectivity index (χ3n) is 7.66. The first-order valence-electron chi connectivity index (χ1n) is 12.3. The van der Waals surface area contributed by atoms with Gasteiger partial charge in [-0.2, -0.15) is 5.10 Å². The van der Waals surface area contributed by atoms with Gasteiger partial charge in [-0.1, -0.05) is 39.3 Å². The lowest BCUT2D eigenvalue weighted by atomic mass is 9.54. The summed E-state index contributed by atoms with van der Waals surface area (Å²) in [7, 11) is 0. The van der Waals surface area contributed by atoms with Crippen LogP contribution in [0, 0.1) is 16.6 Å². The number of amides is 3. The van der Waals surface area contributed by atoms with Crippen molar-refractivity contribution in [3.8, 4) is 0 Å². The number of carbonyl (C=O) groups excluding carboxylic acids is 3. The maximum Gasteiger partial charge on any atom is 0.436 e. The van der Waals surface area contributed by atoms with Gasteiger partial charge in [-0.25, -0.2) is 14.0 Å². The molecule has 1 aliphatic heterocycles. The van der Waals surface area contributed by atoms with Gasteiger partial charge in [0.05, 0.1) is 35.5 Å². The van der Waals surface area contributed by atoms with Gasteiger partial charge < -0.3 is 20.3 Å². The zero-order chi connectivity index (χ0) is 26.5. The molecule has 10 heteroatoms. The smallest absolute Gasteiger partial charge is 0.436 e. The average Bonchev–Trinajstić information content (AvgIpc) is 3.22. The van der Waals surface area contributed by atoms with Crippen LogP contribution in [0.1, 0.15) is 72.1 Å². The molecular formula is C26H34FN5O4. The van der Waals surface area contributed by atoms with Gasteiger partial charge >= 0.3 is 12.1 Å². The summed E-state index contributed by atoms with van der Waals surface area (Å²) in [5.74, 6) is -0.520. The molecule has 1 aromatic heterocycles. The molecule has 9 nitrogen and oxygen atoms in total. The number of urea groups is 1. The van der Waals surface area contributed by atoms with Crippen LogP contribution in [-0.4, -0.2) is 39.3 Å². The maximum atomic E-state index is 14.2. The second-order valence-corrected chi connectivity index (χ2v) is 11.0. The van der Waals surface area contributed by atoms with Crippen molar-refractivity contribution in [2.45, 2.75) is 72.9 Å². The normalized spacial score (nSPS) is 17.7. The molecule has 1 aliphatic carbocycles. The Bertz CT molecular complexity index is 1210. The lowest BCUT2D eigenvalue weighted by Crippen LogP contribution is -2.51. The molecule has 3 amide bonds. The summed E-state index contributed by atoms with van der Waals surface area (Å²) in [6.45, 7) is 11.6. The standard InChI is InChI=1S/C26H34FN5O4/c1-7-36-23(35)32-20(29-21(33)26(13-10-14-26)24(2,3)4)16-15-31(25(5,6)19(16)30-32)22(34)28-18-12-9-8-11-17(18)27/h8-9,11-12H,7,10,13-15H2,1-6H3,(H,28,34)(H,29,33). The molecule has 2 N–H and O–H groups in total. The van der Waals surface area contributed by atoms with Crippen LogP contribution in [0.3, 0.4) is 0 Å². The lowest BCUT2D eigenvalue weighted by molar-refractivity contribution is -0.139. The third-order valence-corrected chi connectivity index (χ3v) is 7.66. The summed E-state index contributed by atoms with van der Waals surface area (Å²) in [5, 5.41) is 10.1. The largest absolute Gasteiger partial charge is 0.448 e. The molecule has 0 radical (unpaired) electrons. The molecule has 1 fully saturated rings. The van der Waals surface area contributed by atoms with Crippen LogP contribution in [0.25, 0.3) is 0 Å². The molecule has 4 rings (SSSR count). The van der Waals surface area contributed by atoms with E-state index in [0.717, 1.165) is 23.9 Å². The fourth-order valence-electron chi connectivity index (χ4n) is 5.17. The van der Waals surface area contributed by atoms with Crippen LogP contribution >= 0.6 is 0 Å². The van der Waals surface area contributed by atoms with Gasteiger partial charge in [0.1, 0.15) is 11.6 Å². The van der Waals surface area contributed by atoms with Crippen molar-refractivity contribution in [2.75, 3.05) is 17.2 Å². The summed E-state index contributed by atoms with van der Waals surface area (Å²) >= 11 is 0. The second kappa shape index (κ2) is 8.90. The summed E-state index contributed by atoms with van der Waals surface area (Å²) < 4.78 is 20.4. The number of rotatable bonds is 4. The highest BCUT2D eigenvalue weighted by Crippen LogP contribution is 2.54. The minimum atomic E-state index is -0.944. The van der Waals surface area contributed by atoms with Crippen LogP contribution in [0.4, 0.5) is 25.5 Å². The molecule has 36 heavy (non-hydrogen) atoms. The topological polar surface area (TPSA) is 106 Å². The molecule has 2 heterocycles. The highest BCUT2D eigenvalue weighted by molar-refractivity contribution is 5.98. The van der Waals surface area contributed by atoms with E-state index in [9.17, 15) is 18.8 Å². The quantitative estimate of drug-likeness (QED) is 0.581. The van der Waals surface area contributed by atoms with Crippen molar-refractivity contribution in [2.24, 2.45) is 10.8 Å². The number of nitrogens with zero attached hydrogens (tertiary/aromatic N) is 3. The molecule has 0 bridgehead atoms. The van der Waals surface area contributed by atoms with Gasteiger partial charge in [-0.3, -0.25) is 4.79 Å². The Balaban J connectivity index is 1.69. The first-order valence-corrected chi connectivity index (χ1v) is 12.3. The third kappa shape index (κ3) is 4.02. The number of para-hydroxylation sites is 1. The number of ether oxygens (including phenoxy) is 1. The summed E-state index contributed by atoms with van der Waals surface area (Å²) in [6.07, 6.45) is 1.75. The monoisotopic (exact) mass is 499 g/mol. The van der Waals surface area contributed by atoms with Crippen molar-refractivity contribution < 1.29 is 23.5 Å². The number of benzene rings is 1. The number of fused-ring (bicyclic) bond motifs is 1. The Morgan fingerprint density at radius 2 is 1.81 bits per heavy atom. The molecular weight excluding hydrogens is 465 g/mol. The summed E-state index contributed by atoms with van der Waals surface area (Å²) in [5.41, 5.74) is -0.718. The van der Waals surface area contributed by atoms with Crippen molar-refractivity contribution in [3.05, 3.63) is 41.3 Å². The Labute approximate surface area is 210 Å². The number of aromatic nitrogens is 2. The van der Waals surface area contributed by atoms with Crippen molar-refractivity contribution >= 4 is 29.5 Å². The van der Waals surface area contributed by atoms with Crippen molar-refractivity contribution in [1.82, 2.24) is 14.7 Å². The number of halogens is 1. The Morgan fingerprint density at radius 3 is 2.36 bits per heavy atom. The molecule has 0 unspecified atom stereocenters. The molecule has 1 saturated carbocycles. The SMILES string of the molecule is CCOC(=O)n1nc2c(c1NC(=O)C1(C(C)(C)C)CCC1)CN(C(=O)Nc1ccccc1F)C2(C)C. The molecule has 0 spiro atoms. The van der Waals surface area contributed by atoms with E-state index >= 15 is 0 Å². The number of hydrogen-bond donors (Lipinski definition) is 2. The van der Waals surface area contributed by atoms with Gasteiger partial charge in [0.15, 0.2) is 0 Å². The number of nitrogens with one attached hydrogen (secondary N) is 2. The van der Waals surface area contributed by atoms with Gasteiger partial charge in [0, 0.05) is 5.56 Å². The van der Waals surface area contributed by atoms with Crippen LogP contribution in [-0.2, 0) is 21.6 Å². The fraction of sp³-hybridized carbons (Fsp3) is 0.538. The average molecular weight is 500 g/mol. The number of carbonyl (C=O) groups is 3. The minimum Gasteiger partial charge on any atom is -0.448 e. The van der Waals surface area contributed by atoms with Crippen LogP contribution in [0.5, 0.6) is 0 Å². The van der Waals surface area contributed by atoms with E-state index < -0.39 is 28.9 Å². The van der Waals surface area contributed by atoms with Crippen LogP contribution in [0.15, 0.2) is 24.3 Å². The van der Waals surface area contributed by atoms with E-state index in [1.165, 1.54) is 17.0 Å². The number of anilines is 2. The van der Waals surface area contributed by atoms with Gasteiger partial charge in [-0.15, -0.1) is 4.68 Å². The van der Waals surface area contributed by atoms with E-state index in [-0.39, 0.29) is 36.0 Å². The molecule has 194 valence electrons. The predicted molar refractivity (Wildman–Crippen MR) is 133 cm³/mol. The van der Waals surface area contributed by atoms with Gasteiger partial charge in [0.2, 0.25) is 5.91 Å².